The van der Waals surface area contributed by atoms with E-state index in [1.54, 1.807) is 30.3 Å². The van der Waals surface area contributed by atoms with E-state index in [1.807, 2.05) is 0 Å². The van der Waals surface area contributed by atoms with Crippen molar-refractivity contribution in [2.75, 3.05) is 11.4 Å². The second-order valence-electron chi connectivity index (χ2n) is 5.23. The molecule has 0 unspecified atom stereocenters. The maximum Gasteiger partial charge on any atom is 0.416 e. The summed E-state index contributed by atoms with van der Waals surface area (Å²) in [5.41, 5.74) is 0.691. The van der Waals surface area contributed by atoms with Gasteiger partial charge in [-0.3, -0.25) is 4.79 Å². The minimum atomic E-state index is -4.46. The fourth-order valence-electron chi connectivity index (χ4n) is 2.56. The van der Waals surface area contributed by atoms with Crippen molar-refractivity contribution < 1.29 is 18.0 Å². The van der Waals surface area contributed by atoms with E-state index in [-0.39, 0.29) is 17.3 Å². The summed E-state index contributed by atoms with van der Waals surface area (Å²) in [4.78, 5) is 18.2. The number of benzene rings is 2. The number of nitrogens with zero attached hydrogens (tertiary/aromatic N) is 2. The van der Waals surface area contributed by atoms with Crippen LogP contribution >= 0.6 is 0 Å². The molecule has 1 amide bonds. The number of aliphatic imine (C=N–C) groups is 1. The molecule has 2 aromatic rings. The van der Waals surface area contributed by atoms with E-state index in [0.29, 0.717) is 17.8 Å². The molecule has 1 heterocycles. The van der Waals surface area contributed by atoms with Gasteiger partial charge < -0.3 is 4.90 Å². The summed E-state index contributed by atoms with van der Waals surface area (Å²) in [6.07, 6.45) is -2.87. The van der Waals surface area contributed by atoms with Gasteiger partial charge >= 0.3 is 6.18 Å². The lowest BCUT2D eigenvalue weighted by atomic mass is 10.1. The first-order valence-electron chi connectivity index (χ1n) is 7.20. The predicted molar refractivity (Wildman–Crippen MR) is 86.6 cm³/mol. The van der Waals surface area contributed by atoms with Gasteiger partial charge in [-0.05, 0) is 24.3 Å². The topological polar surface area (TPSA) is 32.7 Å². The van der Waals surface area contributed by atoms with Crippen molar-refractivity contribution in [2.45, 2.75) is 6.18 Å². The zero-order chi connectivity index (χ0) is 17.3. The molecular formula is C18H13F3N2O. The van der Waals surface area contributed by atoms with E-state index >= 15 is 0 Å². The minimum Gasteiger partial charge on any atom is -0.303 e. The zero-order valence-electron chi connectivity index (χ0n) is 12.5. The number of para-hydroxylation sites is 1. The van der Waals surface area contributed by atoms with Gasteiger partial charge in [0, 0.05) is 12.1 Å². The Morgan fingerprint density at radius 2 is 1.88 bits per heavy atom. The summed E-state index contributed by atoms with van der Waals surface area (Å²) < 4.78 is 38.5. The molecule has 1 aliphatic rings. The molecule has 0 aliphatic carbocycles. The largest absolute Gasteiger partial charge is 0.416 e. The maximum absolute atomic E-state index is 12.8. The lowest BCUT2D eigenvalue weighted by molar-refractivity contribution is -0.137. The number of fused-ring (bicyclic) bond motifs is 1. The van der Waals surface area contributed by atoms with Crippen molar-refractivity contribution in [1.82, 2.24) is 0 Å². The number of alkyl halides is 3. The first-order chi connectivity index (χ1) is 11.4. The average Bonchev–Trinajstić information content (AvgIpc) is 2.81. The normalized spacial score (nSPS) is 15.7. The lowest BCUT2D eigenvalue weighted by Gasteiger charge is -2.13. The molecule has 0 aromatic heterocycles. The Morgan fingerprint density at radius 3 is 2.58 bits per heavy atom. The monoisotopic (exact) mass is 330 g/mol. The summed E-state index contributed by atoms with van der Waals surface area (Å²) in [6, 6.07) is 11.6. The number of carbonyl (C=O) groups is 1. The van der Waals surface area contributed by atoms with Crippen LogP contribution < -0.4 is 4.90 Å². The van der Waals surface area contributed by atoms with E-state index < -0.39 is 11.7 Å². The number of hydrogen-bond donors (Lipinski definition) is 0. The van der Waals surface area contributed by atoms with E-state index in [4.69, 9.17) is 0 Å². The van der Waals surface area contributed by atoms with Gasteiger partial charge in [-0.25, -0.2) is 4.99 Å². The Balaban J connectivity index is 2.08. The van der Waals surface area contributed by atoms with E-state index in [9.17, 15) is 18.0 Å². The molecule has 3 nitrogen and oxygen atoms in total. The summed E-state index contributed by atoms with van der Waals surface area (Å²) in [6.45, 7) is 3.92. The third-order valence-electron chi connectivity index (χ3n) is 3.62. The Hall–Kier alpha value is -2.89. The molecule has 1 aliphatic heterocycles. The molecule has 0 spiro atoms. The molecule has 2 aromatic carbocycles. The molecular weight excluding hydrogens is 317 g/mol. The van der Waals surface area contributed by atoms with Crippen LogP contribution in [-0.4, -0.2) is 18.2 Å². The number of halogens is 3. The maximum atomic E-state index is 12.8. The molecule has 0 fully saturated rings. The Bertz CT molecular complexity index is 840. The summed E-state index contributed by atoms with van der Waals surface area (Å²) in [5.74, 6) is -0.353. The van der Waals surface area contributed by atoms with Gasteiger partial charge in [-0.15, -0.1) is 6.58 Å². The first-order valence-corrected chi connectivity index (χ1v) is 7.20. The van der Waals surface area contributed by atoms with Crippen LogP contribution in [0.5, 0.6) is 0 Å². The molecule has 0 saturated heterocycles. The van der Waals surface area contributed by atoms with Crippen LogP contribution in [0.15, 0.2) is 66.2 Å². The molecule has 3 rings (SSSR count). The highest BCUT2D eigenvalue weighted by molar-refractivity contribution is 6.54. The van der Waals surface area contributed by atoms with Crippen LogP contribution in [0.2, 0.25) is 0 Å². The molecule has 24 heavy (non-hydrogen) atoms. The number of amides is 1. The second kappa shape index (κ2) is 5.96. The third-order valence-corrected chi connectivity index (χ3v) is 3.62. The smallest absolute Gasteiger partial charge is 0.303 e. The van der Waals surface area contributed by atoms with Crippen LogP contribution in [0.25, 0.3) is 0 Å². The molecule has 122 valence electrons. The van der Waals surface area contributed by atoms with Crippen molar-refractivity contribution in [3.05, 3.63) is 72.3 Å². The third kappa shape index (κ3) is 2.82. The summed E-state index contributed by atoms with van der Waals surface area (Å²) in [5, 5.41) is 0. The Labute approximate surface area is 136 Å². The number of hydrogen-bond acceptors (Lipinski definition) is 2. The van der Waals surface area contributed by atoms with E-state index in [0.717, 1.165) is 12.1 Å². The quantitative estimate of drug-likeness (QED) is 0.770. The predicted octanol–water partition coefficient (Wildman–Crippen LogP) is 4.36. The van der Waals surface area contributed by atoms with Gasteiger partial charge in [0.15, 0.2) is 0 Å². The molecule has 0 N–H and O–H groups in total. The highest BCUT2D eigenvalue weighted by atomic mass is 19.4. The standard InChI is InChI=1S/C18H13F3N2O/c1-2-10-23-15-9-4-3-8-14(15)16(17(23)24)22-13-7-5-6-12(11-13)18(19,20)21/h2-9,11H,1,10H2. The van der Waals surface area contributed by atoms with Crippen LogP contribution in [0.3, 0.4) is 0 Å². The highest BCUT2D eigenvalue weighted by Gasteiger charge is 2.33. The lowest BCUT2D eigenvalue weighted by Crippen LogP contribution is -2.30. The fraction of sp³-hybridized carbons (Fsp3) is 0.111. The van der Waals surface area contributed by atoms with Gasteiger partial charge in [-0.2, -0.15) is 13.2 Å². The first kappa shape index (κ1) is 16.0. The number of anilines is 1. The van der Waals surface area contributed by atoms with E-state index in [2.05, 4.69) is 11.6 Å². The Kier molecular flexibility index (Phi) is 3.97. The zero-order valence-corrected chi connectivity index (χ0v) is 12.5. The van der Waals surface area contributed by atoms with Gasteiger partial charge in [0.2, 0.25) is 0 Å². The summed E-state index contributed by atoms with van der Waals surface area (Å²) in [7, 11) is 0. The van der Waals surface area contributed by atoms with Gasteiger partial charge in [-0.1, -0.05) is 30.3 Å². The van der Waals surface area contributed by atoms with Crippen molar-refractivity contribution in [3.63, 3.8) is 0 Å². The fourth-order valence-corrected chi connectivity index (χ4v) is 2.56. The van der Waals surface area contributed by atoms with Gasteiger partial charge in [0.25, 0.3) is 5.91 Å². The second-order valence-corrected chi connectivity index (χ2v) is 5.23. The van der Waals surface area contributed by atoms with Crippen LogP contribution in [0.1, 0.15) is 11.1 Å². The molecule has 0 saturated carbocycles. The molecule has 0 atom stereocenters. The Morgan fingerprint density at radius 1 is 1.12 bits per heavy atom. The molecule has 0 radical (unpaired) electrons. The van der Waals surface area contributed by atoms with Crippen LogP contribution in [0.4, 0.5) is 24.5 Å². The molecule has 0 bridgehead atoms. The van der Waals surface area contributed by atoms with Crippen LogP contribution in [0, 0.1) is 0 Å². The van der Waals surface area contributed by atoms with Crippen molar-refractivity contribution in [2.24, 2.45) is 4.99 Å². The number of rotatable bonds is 3. The van der Waals surface area contributed by atoms with Crippen molar-refractivity contribution >= 4 is 23.0 Å². The van der Waals surface area contributed by atoms with Crippen LogP contribution in [-0.2, 0) is 11.0 Å². The van der Waals surface area contributed by atoms with E-state index in [1.165, 1.54) is 17.0 Å². The molecule has 6 heteroatoms. The SMILES string of the molecule is C=CCN1C(=O)C(=Nc2cccc(C(F)(F)F)c2)c2ccccc21. The van der Waals surface area contributed by atoms with Crippen molar-refractivity contribution in [1.29, 1.82) is 0 Å². The highest BCUT2D eigenvalue weighted by Crippen LogP contribution is 2.33. The average molecular weight is 330 g/mol. The number of carbonyl (C=O) groups excluding carboxylic acids is 1. The summed E-state index contributed by atoms with van der Waals surface area (Å²) >= 11 is 0. The minimum absolute atomic E-state index is 0.0865. The van der Waals surface area contributed by atoms with Gasteiger partial charge in [0.1, 0.15) is 5.71 Å². The van der Waals surface area contributed by atoms with Gasteiger partial charge in [0.05, 0.1) is 16.9 Å². The van der Waals surface area contributed by atoms with Crippen molar-refractivity contribution in [3.8, 4) is 0 Å².